The molecule has 2 aliphatic rings. The van der Waals surface area contributed by atoms with Gasteiger partial charge in [-0.1, -0.05) is 18.2 Å². The van der Waals surface area contributed by atoms with Crippen LogP contribution in [0.2, 0.25) is 0 Å². The largest absolute Gasteiger partial charge is 0.396 e. The highest BCUT2D eigenvalue weighted by molar-refractivity contribution is 6.04. The van der Waals surface area contributed by atoms with Gasteiger partial charge in [0.2, 0.25) is 0 Å². The number of nitrogens with one attached hydrogen (secondary N) is 1. The van der Waals surface area contributed by atoms with E-state index in [1.807, 2.05) is 18.2 Å². The van der Waals surface area contributed by atoms with E-state index in [-0.39, 0.29) is 30.2 Å². The molecule has 1 saturated heterocycles. The number of benzene rings is 2. The first-order valence-corrected chi connectivity index (χ1v) is 12.4. The summed E-state index contributed by atoms with van der Waals surface area (Å²) >= 11 is 0. The number of pyridine rings is 1. The van der Waals surface area contributed by atoms with Crippen molar-refractivity contribution in [2.24, 2.45) is 5.92 Å². The quantitative estimate of drug-likeness (QED) is 0.534. The summed E-state index contributed by atoms with van der Waals surface area (Å²) in [5.74, 6) is -0.144. The Labute approximate surface area is 211 Å². The number of rotatable bonds is 5. The lowest BCUT2D eigenvalue weighted by Gasteiger charge is -2.46. The van der Waals surface area contributed by atoms with Crippen molar-refractivity contribution in [1.29, 1.82) is 0 Å². The predicted octanol–water partition coefficient (Wildman–Crippen LogP) is 4.88. The number of carbonyl (C=O) groups excluding carboxylic acids is 1. The van der Waals surface area contributed by atoms with Gasteiger partial charge >= 0.3 is 0 Å². The Kier molecular flexibility index (Phi) is 6.53. The van der Waals surface area contributed by atoms with Crippen molar-refractivity contribution in [3.63, 3.8) is 0 Å². The van der Waals surface area contributed by atoms with E-state index in [1.165, 1.54) is 37.4 Å². The summed E-state index contributed by atoms with van der Waals surface area (Å²) in [6.45, 7) is 7.15. The van der Waals surface area contributed by atoms with Crippen molar-refractivity contribution in [2.75, 3.05) is 36.6 Å². The number of aliphatic hydroxyl groups is 1. The van der Waals surface area contributed by atoms with E-state index >= 15 is 0 Å². The molecule has 1 fully saturated rings. The SMILES string of the molecule is Cc1ccc(NC(=O)c2ccnc(C(C)(C)F)c2)cc1-c1ccc2c(c1)N1CCOCC1C(CO)C2. The van der Waals surface area contributed by atoms with Gasteiger partial charge in [0, 0.05) is 42.2 Å². The summed E-state index contributed by atoms with van der Waals surface area (Å²) < 4.78 is 20.0. The molecule has 6 nitrogen and oxygen atoms in total. The lowest BCUT2D eigenvalue weighted by Crippen LogP contribution is -2.53. The molecule has 2 aliphatic heterocycles. The van der Waals surface area contributed by atoms with E-state index in [9.17, 15) is 14.3 Å². The van der Waals surface area contributed by atoms with Gasteiger partial charge < -0.3 is 20.1 Å². The molecule has 0 bridgehead atoms. The summed E-state index contributed by atoms with van der Waals surface area (Å²) in [7, 11) is 0. The maximum Gasteiger partial charge on any atom is 0.255 e. The minimum Gasteiger partial charge on any atom is -0.396 e. The standard InChI is InChI=1S/C29H32FN3O3/c1-18-4-7-23(32-28(35)21-8-9-31-27(14-21)29(2,3)30)15-24(18)19-5-6-20-12-22(16-34)26-17-36-11-10-33(26)25(20)13-19/h4-9,13-15,22,26,34H,10-12,16-17H2,1-3H3,(H,32,35). The molecule has 36 heavy (non-hydrogen) atoms. The summed E-state index contributed by atoms with van der Waals surface area (Å²) in [6.07, 6.45) is 2.29. The Balaban J connectivity index is 1.43. The highest BCUT2D eigenvalue weighted by Gasteiger charge is 2.36. The summed E-state index contributed by atoms with van der Waals surface area (Å²) in [5.41, 5.74) is 5.25. The number of amides is 1. The van der Waals surface area contributed by atoms with Gasteiger partial charge in [-0.25, -0.2) is 4.39 Å². The maximum atomic E-state index is 14.3. The van der Waals surface area contributed by atoms with Crippen molar-refractivity contribution in [3.05, 3.63) is 77.1 Å². The van der Waals surface area contributed by atoms with Gasteiger partial charge in [-0.3, -0.25) is 9.78 Å². The van der Waals surface area contributed by atoms with E-state index in [0.717, 1.165) is 29.7 Å². The highest BCUT2D eigenvalue weighted by Crippen LogP contribution is 2.39. The number of hydrogen-bond acceptors (Lipinski definition) is 5. The minimum absolute atomic E-state index is 0.147. The zero-order chi connectivity index (χ0) is 25.4. The van der Waals surface area contributed by atoms with Gasteiger partial charge in [-0.2, -0.15) is 0 Å². The number of aliphatic hydroxyl groups excluding tert-OH is 1. The van der Waals surface area contributed by atoms with Crippen LogP contribution in [0.5, 0.6) is 0 Å². The average molecular weight is 490 g/mol. The fourth-order valence-corrected chi connectivity index (χ4v) is 5.20. The molecule has 1 amide bonds. The number of nitrogens with zero attached hydrogens (tertiary/aromatic N) is 2. The van der Waals surface area contributed by atoms with E-state index in [2.05, 4.69) is 40.3 Å². The van der Waals surface area contributed by atoms with Crippen LogP contribution in [0.3, 0.4) is 0 Å². The van der Waals surface area contributed by atoms with Gasteiger partial charge in [0.05, 0.1) is 24.9 Å². The average Bonchev–Trinajstić information content (AvgIpc) is 2.88. The van der Waals surface area contributed by atoms with Crippen molar-refractivity contribution < 1.29 is 19.0 Å². The molecule has 0 spiro atoms. The first kappa shape index (κ1) is 24.4. The van der Waals surface area contributed by atoms with E-state index in [0.29, 0.717) is 24.5 Å². The molecule has 0 aliphatic carbocycles. The molecule has 188 valence electrons. The van der Waals surface area contributed by atoms with Gasteiger partial charge in [0.25, 0.3) is 5.91 Å². The number of aromatic nitrogens is 1. The van der Waals surface area contributed by atoms with Crippen molar-refractivity contribution in [2.45, 2.75) is 38.9 Å². The third-order valence-electron chi connectivity index (χ3n) is 7.26. The van der Waals surface area contributed by atoms with Crippen LogP contribution in [0.25, 0.3) is 11.1 Å². The first-order chi connectivity index (χ1) is 17.2. The third-order valence-corrected chi connectivity index (χ3v) is 7.26. The molecule has 2 atom stereocenters. The van der Waals surface area contributed by atoms with Crippen LogP contribution < -0.4 is 10.2 Å². The van der Waals surface area contributed by atoms with Gasteiger partial charge in [-0.15, -0.1) is 0 Å². The lowest BCUT2D eigenvalue weighted by atomic mass is 9.84. The van der Waals surface area contributed by atoms with E-state index in [1.54, 1.807) is 6.07 Å². The molecule has 7 heteroatoms. The van der Waals surface area contributed by atoms with Crippen LogP contribution >= 0.6 is 0 Å². The number of halogens is 1. The predicted molar refractivity (Wildman–Crippen MR) is 139 cm³/mol. The van der Waals surface area contributed by atoms with Crippen LogP contribution in [0.15, 0.2) is 54.7 Å². The molecular formula is C29H32FN3O3. The Morgan fingerprint density at radius 2 is 2.06 bits per heavy atom. The van der Waals surface area contributed by atoms with Crippen LogP contribution in [-0.4, -0.2) is 48.4 Å². The summed E-state index contributed by atoms with van der Waals surface area (Å²) in [6, 6.07) is 15.6. The number of morpholine rings is 1. The molecule has 0 radical (unpaired) electrons. The Hall–Kier alpha value is -3.29. The fourth-order valence-electron chi connectivity index (χ4n) is 5.20. The molecular weight excluding hydrogens is 457 g/mol. The zero-order valence-corrected chi connectivity index (χ0v) is 20.9. The smallest absolute Gasteiger partial charge is 0.255 e. The molecule has 1 aromatic heterocycles. The monoisotopic (exact) mass is 489 g/mol. The number of aryl methyl sites for hydroxylation is 1. The van der Waals surface area contributed by atoms with Gasteiger partial charge in [0.15, 0.2) is 0 Å². The Bertz CT molecular complexity index is 1290. The molecule has 5 rings (SSSR count). The molecule has 2 aromatic carbocycles. The lowest BCUT2D eigenvalue weighted by molar-refractivity contribution is 0.0573. The molecule has 0 saturated carbocycles. The normalized spacial score (nSPS) is 19.4. The molecule has 3 heterocycles. The van der Waals surface area contributed by atoms with Crippen LogP contribution in [0, 0.1) is 12.8 Å². The molecule has 3 aromatic rings. The van der Waals surface area contributed by atoms with Gasteiger partial charge in [-0.05, 0) is 79.8 Å². The molecule has 2 unspecified atom stereocenters. The van der Waals surface area contributed by atoms with Crippen molar-refractivity contribution in [1.82, 2.24) is 4.98 Å². The second-order valence-electron chi connectivity index (χ2n) is 10.2. The summed E-state index contributed by atoms with van der Waals surface area (Å²) in [4.78, 5) is 19.4. The molecule has 2 N–H and O–H groups in total. The fraction of sp³-hybridized carbons (Fsp3) is 0.379. The third kappa shape index (κ3) is 4.73. The number of fused-ring (bicyclic) bond motifs is 3. The number of carbonyl (C=O) groups is 1. The van der Waals surface area contributed by atoms with E-state index in [4.69, 9.17) is 4.74 Å². The second kappa shape index (κ2) is 9.64. The summed E-state index contributed by atoms with van der Waals surface area (Å²) in [5, 5.41) is 12.9. The van der Waals surface area contributed by atoms with Crippen LogP contribution in [0.4, 0.5) is 15.8 Å². The topological polar surface area (TPSA) is 74.7 Å². The number of anilines is 2. The Morgan fingerprint density at radius 3 is 2.83 bits per heavy atom. The maximum absolute atomic E-state index is 14.3. The number of alkyl halides is 1. The van der Waals surface area contributed by atoms with Gasteiger partial charge in [0.1, 0.15) is 5.67 Å². The van der Waals surface area contributed by atoms with Crippen LogP contribution in [0.1, 0.15) is 41.0 Å². The minimum atomic E-state index is -1.63. The van der Waals surface area contributed by atoms with Crippen molar-refractivity contribution >= 4 is 17.3 Å². The van der Waals surface area contributed by atoms with Crippen LogP contribution in [-0.2, 0) is 16.8 Å². The first-order valence-electron chi connectivity index (χ1n) is 12.4. The van der Waals surface area contributed by atoms with E-state index < -0.39 is 5.67 Å². The Morgan fingerprint density at radius 1 is 1.22 bits per heavy atom. The van der Waals surface area contributed by atoms with Crippen molar-refractivity contribution in [3.8, 4) is 11.1 Å². The highest BCUT2D eigenvalue weighted by atomic mass is 19.1. The number of ether oxygens (including phenoxy) is 1. The zero-order valence-electron chi connectivity index (χ0n) is 20.9. The number of hydrogen-bond donors (Lipinski definition) is 2. The second-order valence-corrected chi connectivity index (χ2v) is 10.2.